The van der Waals surface area contributed by atoms with Crippen LogP contribution in [-0.4, -0.2) is 47.0 Å². The summed E-state index contributed by atoms with van der Waals surface area (Å²) < 4.78 is 0. The van der Waals surface area contributed by atoms with Crippen molar-refractivity contribution in [2.24, 2.45) is 5.92 Å². The molecule has 0 saturated carbocycles. The number of allylic oxidation sites excluding steroid dienone is 1. The van der Waals surface area contributed by atoms with Crippen molar-refractivity contribution in [3.63, 3.8) is 0 Å². The van der Waals surface area contributed by atoms with Crippen LogP contribution in [0.2, 0.25) is 0 Å². The molecule has 0 aromatic heterocycles. The van der Waals surface area contributed by atoms with Crippen molar-refractivity contribution in [3.8, 4) is 6.07 Å². The highest BCUT2D eigenvalue weighted by atomic mass is 16.3. The molecule has 0 unspecified atom stereocenters. The Morgan fingerprint density at radius 2 is 1.50 bits per heavy atom. The number of nitriles is 1. The highest BCUT2D eigenvalue weighted by Gasteiger charge is 2.41. The number of nitrogens with one attached hydrogen (secondary N) is 1. The van der Waals surface area contributed by atoms with Crippen LogP contribution in [0, 0.1) is 17.2 Å². The van der Waals surface area contributed by atoms with E-state index >= 15 is 0 Å². The van der Waals surface area contributed by atoms with Crippen LogP contribution in [0.15, 0.2) is 96.8 Å². The van der Waals surface area contributed by atoms with Gasteiger partial charge in [-0.1, -0.05) is 60.7 Å². The molecule has 0 radical (unpaired) electrons. The first-order valence-corrected chi connectivity index (χ1v) is 13.4. The second kappa shape index (κ2) is 12.4. The number of likely N-dealkylation sites (tertiary alicyclic amines) is 1. The zero-order valence-electron chi connectivity index (χ0n) is 22.2. The number of carbonyl (C=O) groups excluding carboxylic acids is 1. The number of carbonyl (C=O) groups is 1. The first-order valence-electron chi connectivity index (χ1n) is 13.4. The highest BCUT2D eigenvalue weighted by molar-refractivity contribution is 5.94. The maximum atomic E-state index is 12.6. The summed E-state index contributed by atoms with van der Waals surface area (Å²) in [5.74, 6) is 0.759. The molecule has 1 amide bonds. The molecule has 0 bridgehead atoms. The van der Waals surface area contributed by atoms with Gasteiger partial charge in [0.05, 0.1) is 12.1 Å². The fraction of sp³-hybridized carbons (Fsp3) is 0.312. The molecular formula is C32H36N4O2. The number of rotatable bonds is 9. The summed E-state index contributed by atoms with van der Waals surface area (Å²) in [7, 11) is 0. The van der Waals surface area contributed by atoms with Crippen molar-refractivity contribution in [2.75, 3.05) is 31.5 Å². The van der Waals surface area contributed by atoms with Gasteiger partial charge in [0.25, 0.3) is 5.91 Å². The van der Waals surface area contributed by atoms with E-state index in [0.717, 1.165) is 35.5 Å². The predicted octanol–water partition coefficient (Wildman–Crippen LogP) is 5.59. The molecular weight excluding hydrogens is 472 g/mol. The van der Waals surface area contributed by atoms with E-state index in [1.54, 1.807) is 4.90 Å². The van der Waals surface area contributed by atoms with Gasteiger partial charge in [0, 0.05) is 37.4 Å². The van der Waals surface area contributed by atoms with E-state index in [9.17, 15) is 15.2 Å². The topological polar surface area (TPSA) is 79.6 Å². The van der Waals surface area contributed by atoms with E-state index in [1.807, 2.05) is 98.8 Å². The van der Waals surface area contributed by atoms with Crippen molar-refractivity contribution in [1.82, 2.24) is 9.80 Å². The minimum Gasteiger partial charge on any atom is -0.380 e. The normalized spacial score (nSPS) is 14.6. The lowest BCUT2D eigenvalue weighted by atomic mass is 9.72. The van der Waals surface area contributed by atoms with Gasteiger partial charge in [-0.2, -0.15) is 5.26 Å². The van der Waals surface area contributed by atoms with Crippen LogP contribution in [0.1, 0.15) is 48.2 Å². The first kappa shape index (κ1) is 27.0. The molecule has 0 spiro atoms. The van der Waals surface area contributed by atoms with Gasteiger partial charge >= 0.3 is 0 Å². The van der Waals surface area contributed by atoms with Gasteiger partial charge in [-0.25, -0.2) is 0 Å². The van der Waals surface area contributed by atoms with Crippen molar-refractivity contribution in [3.05, 3.63) is 114 Å². The molecule has 1 fully saturated rings. The highest BCUT2D eigenvalue weighted by Crippen LogP contribution is 2.42. The van der Waals surface area contributed by atoms with Gasteiger partial charge in [-0.05, 0) is 68.0 Å². The second-order valence-electron chi connectivity index (χ2n) is 9.60. The SMILES string of the molecule is CCN(CC)C(=O)c1ccc(N/C(=C/C#N)N2CCC(C(O)(c3ccccc3)c3ccccc3)CC2)cc1. The Bertz CT molecular complexity index is 1210. The number of aliphatic hydroxyl groups is 1. The number of anilines is 1. The second-order valence-corrected chi connectivity index (χ2v) is 9.60. The number of hydrogen-bond donors (Lipinski definition) is 2. The lowest BCUT2D eigenvalue weighted by Crippen LogP contribution is -2.44. The zero-order chi connectivity index (χ0) is 27.0. The lowest BCUT2D eigenvalue weighted by molar-refractivity contribution is -0.00983. The number of piperidine rings is 1. The van der Waals surface area contributed by atoms with Crippen molar-refractivity contribution < 1.29 is 9.90 Å². The summed E-state index contributed by atoms with van der Waals surface area (Å²) in [6, 6.07) is 29.3. The summed E-state index contributed by atoms with van der Waals surface area (Å²) in [6.45, 7) is 6.69. The molecule has 0 aliphatic carbocycles. The van der Waals surface area contributed by atoms with Crippen LogP contribution < -0.4 is 5.32 Å². The Morgan fingerprint density at radius 1 is 0.974 bits per heavy atom. The molecule has 1 heterocycles. The molecule has 38 heavy (non-hydrogen) atoms. The van der Waals surface area contributed by atoms with Crippen LogP contribution in [-0.2, 0) is 5.60 Å². The Hall–Kier alpha value is -4.08. The monoisotopic (exact) mass is 508 g/mol. The third-order valence-electron chi connectivity index (χ3n) is 7.51. The summed E-state index contributed by atoms with van der Waals surface area (Å²) in [5.41, 5.74) is 2.17. The molecule has 1 aliphatic heterocycles. The summed E-state index contributed by atoms with van der Waals surface area (Å²) in [4.78, 5) is 16.6. The average Bonchev–Trinajstić information content (AvgIpc) is 2.98. The van der Waals surface area contributed by atoms with Gasteiger partial charge in [0.1, 0.15) is 11.4 Å². The zero-order valence-corrected chi connectivity index (χ0v) is 22.2. The van der Waals surface area contributed by atoms with Crippen LogP contribution in [0.3, 0.4) is 0 Å². The molecule has 1 aliphatic rings. The largest absolute Gasteiger partial charge is 0.380 e. The van der Waals surface area contributed by atoms with E-state index in [4.69, 9.17) is 0 Å². The molecule has 2 N–H and O–H groups in total. The van der Waals surface area contributed by atoms with E-state index in [0.29, 0.717) is 31.7 Å². The van der Waals surface area contributed by atoms with Gasteiger partial charge < -0.3 is 20.2 Å². The molecule has 0 atom stereocenters. The van der Waals surface area contributed by atoms with E-state index in [1.165, 1.54) is 6.08 Å². The minimum absolute atomic E-state index is 0.0146. The van der Waals surface area contributed by atoms with Crippen LogP contribution >= 0.6 is 0 Å². The molecule has 3 aromatic rings. The third-order valence-corrected chi connectivity index (χ3v) is 7.51. The number of amides is 1. The molecule has 1 saturated heterocycles. The molecule has 4 rings (SSSR count). The van der Waals surface area contributed by atoms with Crippen LogP contribution in [0.5, 0.6) is 0 Å². The smallest absolute Gasteiger partial charge is 0.253 e. The molecule has 6 nitrogen and oxygen atoms in total. The lowest BCUT2D eigenvalue weighted by Gasteiger charge is -2.43. The Balaban J connectivity index is 1.48. The quantitative estimate of drug-likeness (QED) is 0.368. The van der Waals surface area contributed by atoms with Crippen molar-refractivity contribution >= 4 is 11.6 Å². The number of hydrogen-bond acceptors (Lipinski definition) is 5. The van der Waals surface area contributed by atoms with Crippen LogP contribution in [0.25, 0.3) is 0 Å². The first-order chi connectivity index (χ1) is 18.5. The van der Waals surface area contributed by atoms with Crippen molar-refractivity contribution in [1.29, 1.82) is 5.26 Å². The van der Waals surface area contributed by atoms with Gasteiger partial charge in [0.2, 0.25) is 0 Å². The average molecular weight is 509 g/mol. The summed E-state index contributed by atoms with van der Waals surface area (Å²) >= 11 is 0. The Morgan fingerprint density at radius 3 is 1.97 bits per heavy atom. The Kier molecular flexibility index (Phi) is 8.83. The Labute approximate surface area is 225 Å². The number of benzene rings is 3. The van der Waals surface area contributed by atoms with Gasteiger partial charge in [-0.3, -0.25) is 4.79 Å². The minimum atomic E-state index is -1.09. The molecule has 6 heteroatoms. The van der Waals surface area contributed by atoms with Gasteiger partial charge in [-0.15, -0.1) is 0 Å². The summed E-state index contributed by atoms with van der Waals surface area (Å²) in [5, 5.41) is 25.0. The van der Waals surface area contributed by atoms with E-state index < -0.39 is 5.60 Å². The molecule has 196 valence electrons. The fourth-order valence-electron chi connectivity index (χ4n) is 5.37. The number of nitrogens with zero attached hydrogens (tertiary/aromatic N) is 3. The summed E-state index contributed by atoms with van der Waals surface area (Å²) in [6.07, 6.45) is 3.06. The fourth-order valence-corrected chi connectivity index (χ4v) is 5.37. The maximum Gasteiger partial charge on any atom is 0.253 e. The van der Waals surface area contributed by atoms with E-state index in [2.05, 4.69) is 16.3 Å². The standard InChI is InChI=1S/C32H36N4O2/c1-3-35(4-2)31(37)25-15-17-29(18-16-25)34-30(19-22-33)36-23-20-28(21-24-36)32(38,26-11-7-5-8-12-26)27-13-9-6-10-14-27/h5-19,28,34,38H,3-4,20-21,23-24H2,1-2H3/b30-19-. The van der Waals surface area contributed by atoms with Gasteiger partial charge in [0.15, 0.2) is 0 Å². The van der Waals surface area contributed by atoms with E-state index in [-0.39, 0.29) is 11.8 Å². The van der Waals surface area contributed by atoms with Crippen molar-refractivity contribution in [2.45, 2.75) is 32.3 Å². The molecule has 3 aromatic carbocycles. The third kappa shape index (κ3) is 5.74. The maximum absolute atomic E-state index is 12.6. The predicted molar refractivity (Wildman–Crippen MR) is 151 cm³/mol. The van der Waals surface area contributed by atoms with Crippen LogP contribution in [0.4, 0.5) is 5.69 Å².